The van der Waals surface area contributed by atoms with Gasteiger partial charge < -0.3 is 10.1 Å². The van der Waals surface area contributed by atoms with Gasteiger partial charge in [-0.15, -0.1) is 0 Å². The molecule has 1 aromatic carbocycles. The topological polar surface area (TPSA) is 92.8 Å². The molecule has 31 heavy (non-hydrogen) atoms. The Morgan fingerprint density at radius 1 is 1.10 bits per heavy atom. The summed E-state index contributed by atoms with van der Waals surface area (Å²) in [5.41, 5.74) is 2.64. The number of hydrogen-bond acceptors (Lipinski definition) is 5. The number of esters is 1. The van der Waals surface area contributed by atoms with Crippen LogP contribution in [0.25, 0.3) is 0 Å². The van der Waals surface area contributed by atoms with E-state index in [1.807, 2.05) is 26.0 Å². The second kappa shape index (κ2) is 8.09. The summed E-state index contributed by atoms with van der Waals surface area (Å²) in [7, 11) is 0. The highest BCUT2D eigenvalue weighted by molar-refractivity contribution is 6.08. The maximum atomic E-state index is 13.1. The number of nitrogens with zero attached hydrogens (tertiary/aromatic N) is 1. The third-order valence-corrected chi connectivity index (χ3v) is 7.34. The molecule has 2 saturated carbocycles. The van der Waals surface area contributed by atoms with Crippen LogP contribution in [0.4, 0.5) is 5.69 Å². The molecule has 2 aliphatic carbocycles. The summed E-state index contributed by atoms with van der Waals surface area (Å²) in [5, 5.41) is 2.75. The Morgan fingerprint density at radius 3 is 2.29 bits per heavy atom. The van der Waals surface area contributed by atoms with Gasteiger partial charge in [-0.2, -0.15) is 0 Å². The first kappa shape index (κ1) is 21.5. The van der Waals surface area contributed by atoms with Crippen LogP contribution in [-0.2, 0) is 23.9 Å². The van der Waals surface area contributed by atoms with E-state index in [0.717, 1.165) is 35.3 Å². The number of carbonyl (C=O) groups excluding carboxylic acids is 4. The largest absolute Gasteiger partial charge is 0.454 e. The summed E-state index contributed by atoms with van der Waals surface area (Å²) in [6.07, 6.45) is 2.90. The van der Waals surface area contributed by atoms with Crippen molar-refractivity contribution in [3.8, 4) is 0 Å². The number of amides is 3. The molecule has 7 nitrogen and oxygen atoms in total. The third kappa shape index (κ3) is 3.64. The van der Waals surface area contributed by atoms with Gasteiger partial charge in [0.05, 0.1) is 11.8 Å². The molecule has 2 bridgehead atoms. The highest BCUT2D eigenvalue weighted by Gasteiger charge is 2.62. The zero-order valence-corrected chi connectivity index (χ0v) is 18.5. The lowest BCUT2D eigenvalue weighted by Gasteiger charge is -2.28. The Balaban J connectivity index is 1.42. The van der Waals surface area contributed by atoms with Crippen molar-refractivity contribution < 1.29 is 23.9 Å². The Labute approximate surface area is 182 Å². The van der Waals surface area contributed by atoms with Crippen molar-refractivity contribution in [1.82, 2.24) is 4.90 Å². The van der Waals surface area contributed by atoms with Crippen molar-refractivity contribution in [1.29, 1.82) is 0 Å². The Hall–Kier alpha value is -2.70. The average Bonchev–Trinajstić information content (AvgIpc) is 3.40. The van der Waals surface area contributed by atoms with Crippen molar-refractivity contribution in [2.24, 2.45) is 29.6 Å². The summed E-state index contributed by atoms with van der Waals surface area (Å²) in [6, 6.07) is 4.57. The second-order valence-electron chi connectivity index (χ2n) is 9.52. The molecule has 5 atom stereocenters. The van der Waals surface area contributed by atoms with Gasteiger partial charge in [0.25, 0.3) is 5.91 Å². The zero-order valence-electron chi connectivity index (χ0n) is 18.5. The fraction of sp³-hybridized carbons (Fsp3) is 0.583. The van der Waals surface area contributed by atoms with Crippen LogP contribution >= 0.6 is 0 Å². The highest BCUT2D eigenvalue weighted by Crippen LogP contribution is 2.56. The predicted octanol–water partition coefficient (Wildman–Crippen LogP) is 2.84. The SMILES string of the molecule is Cc1cccc(NC(=O)COC(=O)[C@@H](C(C)C)N2C(=O)[C@H]3[C@H]4CC[C@@H](C4)[C@@H]3C2=O)c1C. The third-order valence-electron chi connectivity index (χ3n) is 7.34. The van der Waals surface area contributed by atoms with Crippen LogP contribution in [0.1, 0.15) is 44.2 Å². The quantitative estimate of drug-likeness (QED) is 0.558. The summed E-state index contributed by atoms with van der Waals surface area (Å²) >= 11 is 0. The summed E-state index contributed by atoms with van der Waals surface area (Å²) in [6.45, 7) is 6.95. The van der Waals surface area contributed by atoms with E-state index in [2.05, 4.69) is 5.32 Å². The molecule has 1 N–H and O–H groups in total. The van der Waals surface area contributed by atoms with Crippen LogP contribution in [0, 0.1) is 43.4 Å². The van der Waals surface area contributed by atoms with Crippen molar-refractivity contribution >= 4 is 29.4 Å². The number of anilines is 1. The number of imide groups is 1. The van der Waals surface area contributed by atoms with Crippen LogP contribution in [0.2, 0.25) is 0 Å². The highest BCUT2D eigenvalue weighted by atomic mass is 16.5. The average molecular weight is 427 g/mol. The molecule has 1 aliphatic heterocycles. The molecule has 3 aliphatic rings. The van der Waals surface area contributed by atoms with Crippen LogP contribution in [0.5, 0.6) is 0 Å². The van der Waals surface area contributed by atoms with Crippen LogP contribution in [0.15, 0.2) is 18.2 Å². The molecule has 1 aromatic rings. The minimum atomic E-state index is -1.00. The van der Waals surface area contributed by atoms with Crippen molar-refractivity contribution in [2.45, 2.75) is 53.0 Å². The van der Waals surface area contributed by atoms with Gasteiger partial charge in [-0.1, -0.05) is 26.0 Å². The first-order valence-electron chi connectivity index (χ1n) is 11.1. The number of rotatable bonds is 6. The minimum absolute atomic E-state index is 0.238. The molecule has 1 saturated heterocycles. The van der Waals surface area contributed by atoms with E-state index in [0.29, 0.717) is 5.69 Å². The summed E-state index contributed by atoms with van der Waals surface area (Å²) < 4.78 is 5.27. The van der Waals surface area contributed by atoms with Crippen molar-refractivity contribution in [2.75, 3.05) is 11.9 Å². The second-order valence-corrected chi connectivity index (χ2v) is 9.52. The van der Waals surface area contributed by atoms with E-state index < -0.39 is 24.5 Å². The molecule has 1 heterocycles. The van der Waals surface area contributed by atoms with E-state index >= 15 is 0 Å². The van der Waals surface area contributed by atoms with E-state index in [1.165, 1.54) is 0 Å². The van der Waals surface area contributed by atoms with E-state index in [-0.39, 0.29) is 41.4 Å². The number of carbonyl (C=O) groups is 4. The number of benzene rings is 1. The van der Waals surface area contributed by atoms with Gasteiger partial charge in [0.15, 0.2) is 6.61 Å². The molecule has 7 heteroatoms. The lowest BCUT2D eigenvalue weighted by Crippen LogP contribution is -2.50. The first-order valence-corrected chi connectivity index (χ1v) is 11.1. The van der Waals surface area contributed by atoms with E-state index in [4.69, 9.17) is 4.74 Å². The minimum Gasteiger partial charge on any atom is -0.454 e. The number of ether oxygens (including phenoxy) is 1. The normalized spacial score (nSPS) is 27.6. The molecule has 0 radical (unpaired) electrons. The van der Waals surface area contributed by atoms with Gasteiger partial charge >= 0.3 is 5.97 Å². The fourth-order valence-corrected chi connectivity index (χ4v) is 5.68. The maximum Gasteiger partial charge on any atom is 0.330 e. The Kier molecular flexibility index (Phi) is 5.62. The van der Waals surface area contributed by atoms with Gasteiger partial charge in [-0.3, -0.25) is 19.3 Å². The van der Waals surface area contributed by atoms with Crippen molar-refractivity contribution in [3.05, 3.63) is 29.3 Å². The maximum absolute atomic E-state index is 13.1. The fourth-order valence-electron chi connectivity index (χ4n) is 5.68. The number of hydrogen-bond donors (Lipinski definition) is 1. The van der Waals surface area contributed by atoms with E-state index in [9.17, 15) is 19.2 Å². The van der Waals surface area contributed by atoms with Crippen LogP contribution in [-0.4, -0.2) is 41.2 Å². The Morgan fingerprint density at radius 2 is 1.71 bits per heavy atom. The standard InChI is InChI=1S/C24H30N2O5/c1-12(2)21(26-22(28)19-15-8-9-16(10-15)20(19)23(26)29)24(30)31-11-18(27)25-17-7-5-6-13(3)14(17)4/h5-7,12,15-16,19-21H,8-11H2,1-4H3,(H,25,27)/t15-,16-,19-,20-,21+/m0/s1. The molecule has 166 valence electrons. The summed E-state index contributed by atoms with van der Waals surface area (Å²) in [5.74, 6) is -2.01. The van der Waals surface area contributed by atoms with Gasteiger partial charge in [0.2, 0.25) is 11.8 Å². The smallest absolute Gasteiger partial charge is 0.330 e. The predicted molar refractivity (Wildman–Crippen MR) is 114 cm³/mol. The first-order chi connectivity index (χ1) is 14.7. The summed E-state index contributed by atoms with van der Waals surface area (Å²) in [4.78, 5) is 52.6. The molecule has 0 unspecified atom stereocenters. The van der Waals surface area contributed by atoms with Crippen LogP contribution < -0.4 is 5.32 Å². The molecular formula is C24H30N2O5. The van der Waals surface area contributed by atoms with E-state index in [1.54, 1.807) is 19.9 Å². The number of aryl methyl sites for hydroxylation is 1. The van der Waals surface area contributed by atoms with Gasteiger partial charge in [0.1, 0.15) is 6.04 Å². The number of nitrogens with one attached hydrogen (secondary N) is 1. The number of likely N-dealkylation sites (tertiary alicyclic amines) is 1. The van der Waals surface area contributed by atoms with Gasteiger partial charge in [-0.05, 0) is 68.1 Å². The molecule has 0 spiro atoms. The van der Waals surface area contributed by atoms with Gasteiger partial charge in [0, 0.05) is 5.69 Å². The van der Waals surface area contributed by atoms with Gasteiger partial charge in [-0.25, -0.2) is 4.79 Å². The monoisotopic (exact) mass is 426 g/mol. The lowest BCUT2D eigenvalue weighted by atomic mass is 9.81. The van der Waals surface area contributed by atoms with Crippen LogP contribution in [0.3, 0.4) is 0 Å². The van der Waals surface area contributed by atoms with Crippen molar-refractivity contribution in [3.63, 3.8) is 0 Å². The lowest BCUT2D eigenvalue weighted by molar-refractivity contribution is -0.162. The molecular weight excluding hydrogens is 396 g/mol. The molecule has 3 amide bonds. The molecule has 3 fully saturated rings. The number of fused-ring (bicyclic) bond motifs is 5. The molecule has 0 aromatic heterocycles. The Bertz CT molecular complexity index is 912. The zero-order chi connectivity index (χ0) is 22.4. The molecule has 4 rings (SSSR count).